The maximum absolute atomic E-state index is 12.8. The van der Waals surface area contributed by atoms with Crippen molar-refractivity contribution in [1.29, 1.82) is 0 Å². The number of urea groups is 1. The Labute approximate surface area is 144 Å². The molecule has 130 valence electrons. The van der Waals surface area contributed by atoms with E-state index in [-0.39, 0.29) is 24.0 Å². The van der Waals surface area contributed by atoms with Crippen LogP contribution in [0.15, 0.2) is 18.2 Å². The summed E-state index contributed by atoms with van der Waals surface area (Å²) in [5, 5.41) is 3.14. The van der Waals surface area contributed by atoms with Gasteiger partial charge in [-0.2, -0.15) is 0 Å². The monoisotopic (exact) mass is 329 g/mol. The van der Waals surface area contributed by atoms with Crippen molar-refractivity contribution in [3.05, 3.63) is 34.9 Å². The predicted molar refractivity (Wildman–Crippen MR) is 93.8 cm³/mol. The van der Waals surface area contributed by atoms with Crippen LogP contribution in [0.4, 0.5) is 4.79 Å². The van der Waals surface area contributed by atoms with E-state index in [0.29, 0.717) is 13.0 Å². The number of aryl methyl sites for hydroxylation is 1. The van der Waals surface area contributed by atoms with Crippen LogP contribution < -0.4 is 5.32 Å². The Morgan fingerprint density at radius 3 is 2.79 bits per heavy atom. The molecule has 2 heterocycles. The predicted octanol–water partition coefficient (Wildman–Crippen LogP) is 2.77. The number of nitrogens with one attached hydrogen (secondary N) is 1. The average molecular weight is 329 g/mol. The van der Waals surface area contributed by atoms with Gasteiger partial charge < -0.3 is 15.1 Å². The van der Waals surface area contributed by atoms with Gasteiger partial charge in [-0.3, -0.25) is 4.79 Å². The second-order valence-electron chi connectivity index (χ2n) is 7.10. The summed E-state index contributed by atoms with van der Waals surface area (Å²) in [6.45, 7) is 5.66. The van der Waals surface area contributed by atoms with Crippen molar-refractivity contribution < 1.29 is 9.59 Å². The van der Waals surface area contributed by atoms with E-state index in [1.54, 1.807) is 11.9 Å². The molecule has 0 aliphatic carbocycles. The number of likely N-dealkylation sites (N-methyl/N-ethyl adjacent to an activating group) is 1. The number of benzene rings is 1. The van der Waals surface area contributed by atoms with Gasteiger partial charge in [0.15, 0.2) is 0 Å². The highest BCUT2D eigenvalue weighted by atomic mass is 16.2. The largest absolute Gasteiger partial charge is 0.344 e. The Morgan fingerprint density at radius 1 is 1.25 bits per heavy atom. The molecule has 0 radical (unpaired) electrons. The molecule has 2 aliphatic heterocycles. The summed E-state index contributed by atoms with van der Waals surface area (Å²) in [6.07, 6.45) is 3.30. The topological polar surface area (TPSA) is 52.7 Å². The second kappa shape index (κ2) is 6.83. The highest BCUT2D eigenvalue weighted by Gasteiger charge is 2.33. The molecular weight excluding hydrogens is 302 g/mol. The van der Waals surface area contributed by atoms with Gasteiger partial charge in [0.25, 0.3) is 0 Å². The first kappa shape index (κ1) is 16.8. The van der Waals surface area contributed by atoms with Crippen molar-refractivity contribution in [2.45, 2.75) is 51.6 Å². The Kier molecular flexibility index (Phi) is 4.78. The molecule has 0 spiro atoms. The van der Waals surface area contributed by atoms with E-state index >= 15 is 0 Å². The molecule has 2 fully saturated rings. The molecule has 1 N–H and O–H groups in total. The van der Waals surface area contributed by atoms with E-state index in [1.807, 2.05) is 4.90 Å². The number of hydrogen-bond acceptors (Lipinski definition) is 2. The van der Waals surface area contributed by atoms with Crippen LogP contribution in [-0.2, 0) is 4.79 Å². The zero-order chi connectivity index (χ0) is 17.3. The smallest absolute Gasteiger partial charge is 0.318 e. The molecule has 24 heavy (non-hydrogen) atoms. The van der Waals surface area contributed by atoms with E-state index in [1.165, 1.54) is 16.7 Å². The third-order valence-corrected chi connectivity index (χ3v) is 5.47. The Hall–Kier alpha value is -2.04. The summed E-state index contributed by atoms with van der Waals surface area (Å²) in [7, 11) is 1.80. The van der Waals surface area contributed by atoms with Crippen LogP contribution in [0.3, 0.4) is 0 Å². The minimum atomic E-state index is 0.00570. The van der Waals surface area contributed by atoms with E-state index < -0.39 is 0 Å². The molecular formula is C19H27N3O2. The highest BCUT2D eigenvalue weighted by Crippen LogP contribution is 2.34. The molecule has 0 bridgehead atoms. The van der Waals surface area contributed by atoms with Gasteiger partial charge >= 0.3 is 6.03 Å². The number of likely N-dealkylation sites (tertiary alicyclic amines) is 2. The van der Waals surface area contributed by atoms with Crippen molar-refractivity contribution in [2.24, 2.45) is 0 Å². The number of piperidine rings is 1. The van der Waals surface area contributed by atoms with E-state index in [0.717, 1.165) is 25.8 Å². The number of hydrogen-bond donors (Lipinski definition) is 1. The quantitative estimate of drug-likeness (QED) is 0.907. The first-order chi connectivity index (χ1) is 11.5. The summed E-state index contributed by atoms with van der Waals surface area (Å²) < 4.78 is 0. The van der Waals surface area contributed by atoms with Gasteiger partial charge in [-0.25, -0.2) is 4.79 Å². The summed E-state index contributed by atoms with van der Waals surface area (Å²) >= 11 is 0. The Bertz CT molecular complexity index is 643. The molecule has 5 heteroatoms. The zero-order valence-electron chi connectivity index (χ0n) is 14.8. The third-order valence-electron chi connectivity index (χ3n) is 5.47. The maximum Gasteiger partial charge on any atom is 0.318 e. The number of amides is 3. The summed E-state index contributed by atoms with van der Waals surface area (Å²) in [5.74, 6) is 0.162. The molecule has 5 nitrogen and oxygen atoms in total. The highest BCUT2D eigenvalue weighted by molar-refractivity contribution is 5.78. The first-order valence-electron chi connectivity index (χ1n) is 8.84. The minimum Gasteiger partial charge on any atom is -0.344 e. The molecule has 0 unspecified atom stereocenters. The maximum atomic E-state index is 12.8. The number of carbonyl (C=O) groups excluding carboxylic acids is 2. The minimum absolute atomic E-state index is 0.00570. The van der Waals surface area contributed by atoms with E-state index in [9.17, 15) is 9.59 Å². The molecule has 2 atom stereocenters. The van der Waals surface area contributed by atoms with Crippen LogP contribution in [0, 0.1) is 13.8 Å². The number of nitrogens with zero attached hydrogens (tertiary/aromatic N) is 2. The summed E-state index contributed by atoms with van der Waals surface area (Å²) in [6, 6.07) is 6.56. The van der Waals surface area contributed by atoms with Crippen molar-refractivity contribution >= 4 is 11.9 Å². The SMILES string of the molecule is Cc1cccc([C@@H]2CCCN2C(=O)N[C@@H]2CCC(=O)N(C)C2)c1C. The van der Waals surface area contributed by atoms with Gasteiger partial charge in [0, 0.05) is 32.6 Å². The fraction of sp³-hybridized carbons (Fsp3) is 0.579. The molecule has 3 amide bonds. The van der Waals surface area contributed by atoms with Crippen LogP contribution >= 0.6 is 0 Å². The fourth-order valence-corrected chi connectivity index (χ4v) is 3.86. The number of rotatable bonds is 2. The van der Waals surface area contributed by atoms with Crippen LogP contribution in [0.1, 0.15) is 48.4 Å². The molecule has 2 saturated heterocycles. The average Bonchev–Trinajstić information content (AvgIpc) is 3.03. The molecule has 2 aliphatic rings. The van der Waals surface area contributed by atoms with Gasteiger partial charge in [-0.1, -0.05) is 18.2 Å². The summed E-state index contributed by atoms with van der Waals surface area (Å²) in [5.41, 5.74) is 3.82. The number of carbonyl (C=O) groups is 2. The van der Waals surface area contributed by atoms with E-state index in [4.69, 9.17) is 0 Å². The standard InChI is InChI=1S/C19H27N3O2/c1-13-6-4-7-16(14(13)2)17-8-5-11-22(17)19(24)20-15-9-10-18(23)21(3)12-15/h4,6-7,15,17H,5,8-12H2,1-3H3,(H,20,24)/t15-,17+/m1/s1. The van der Waals surface area contributed by atoms with Crippen molar-refractivity contribution in [2.75, 3.05) is 20.1 Å². The molecule has 0 aromatic heterocycles. The van der Waals surface area contributed by atoms with Crippen molar-refractivity contribution in [3.8, 4) is 0 Å². The van der Waals surface area contributed by atoms with Gasteiger partial charge in [0.2, 0.25) is 5.91 Å². The lowest BCUT2D eigenvalue weighted by atomic mass is 9.96. The lowest BCUT2D eigenvalue weighted by Gasteiger charge is -2.33. The van der Waals surface area contributed by atoms with Crippen molar-refractivity contribution in [3.63, 3.8) is 0 Å². The van der Waals surface area contributed by atoms with Gasteiger partial charge in [0.1, 0.15) is 0 Å². The molecule has 3 rings (SSSR count). The van der Waals surface area contributed by atoms with Crippen LogP contribution in [0.25, 0.3) is 0 Å². The van der Waals surface area contributed by atoms with Crippen LogP contribution in [-0.4, -0.2) is 47.9 Å². The lowest BCUT2D eigenvalue weighted by molar-refractivity contribution is -0.132. The van der Waals surface area contributed by atoms with Gasteiger partial charge in [-0.05, 0) is 49.8 Å². The third kappa shape index (κ3) is 3.25. The molecule has 0 saturated carbocycles. The fourth-order valence-electron chi connectivity index (χ4n) is 3.86. The summed E-state index contributed by atoms with van der Waals surface area (Å²) in [4.78, 5) is 28.1. The normalized spacial score (nSPS) is 24.4. The van der Waals surface area contributed by atoms with Gasteiger partial charge in [-0.15, -0.1) is 0 Å². The Morgan fingerprint density at radius 2 is 2.04 bits per heavy atom. The second-order valence-corrected chi connectivity index (χ2v) is 7.10. The molecule has 1 aromatic carbocycles. The van der Waals surface area contributed by atoms with Gasteiger partial charge in [0.05, 0.1) is 6.04 Å². The zero-order valence-corrected chi connectivity index (χ0v) is 14.8. The van der Waals surface area contributed by atoms with E-state index in [2.05, 4.69) is 37.4 Å². The van der Waals surface area contributed by atoms with Crippen LogP contribution in [0.5, 0.6) is 0 Å². The molecule has 1 aromatic rings. The van der Waals surface area contributed by atoms with Crippen molar-refractivity contribution in [1.82, 2.24) is 15.1 Å². The lowest BCUT2D eigenvalue weighted by Crippen LogP contribution is -2.51. The van der Waals surface area contributed by atoms with Crippen LogP contribution in [0.2, 0.25) is 0 Å². The first-order valence-corrected chi connectivity index (χ1v) is 8.84. The Balaban J connectivity index is 1.70.